The summed E-state index contributed by atoms with van der Waals surface area (Å²) in [5, 5.41) is 9.63. The van der Waals surface area contributed by atoms with E-state index in [1.165, 1.54) is 6.07 Å². The van der Waals surface area contributed by atoms with Crippen molar-refractivity contribution in [2.24, 2.45) is 0 Å². The zero-order valence-electron chi connectivity index (χ0n) is 15.2. The van der Waals surface area contributed by atoms with E-state index in [1.54, 1.807) is 19.1 Å². The smallest absolute Gasteiger partial charge is 0.358 e. The lowest BCUT2D eigenvalue weighted by Gasteiger charge is -2.33. The molecule has 2 aromatic heterocycles. The van der Waals surface area contributed by atoms with Crippen LogP contribution in [0.3, 0.4) is 0 Å². The van der Waals surface area contributed by atoms with Crippen LogP contribution in [0.4, 0.5) is 23.4 Å². The predicted octanol–water partition coefficient (Wildman–Crippen LogP) is 2.52. The lowest BCUT2D eigenvalue weighted by atomic mass is 10.1. The van der Waals surface area contributed by atoms with Crippen molar-refractivity contribution in [1.82, 2.24) is 19.9 Å². The van der Waals surface area contributed by atoms with Gasteiger partial charge in [-0.3, -0.25) is 9.78 Å². The standard InChI is InChI=1S/C16H18FN5O.CHF3O/c1-10(16(23)22-6-3-7-22)19-15-8-14(20-11(2)21-15)13-5-4-12(17)9-18-13;2-1(3,4)5/h4-5,8-10H,3,6-7H2,1-2H3,(H,19,20,21);5H/t10-;/m1./s1. The summed E-state index contributed by atoms with van der Waals surface area (Å²) in [6, 6.07) is 4.25. The SMILES string of the molecule is Cc1nc(N[C@H](C)C(=O)N2CCC2)cc(-c2ccc(F)cn2)n1.OC(F)(F)F. The highest BCUT2D eigenvalue weighted by molar-refractivity contribution is 5.84. The molecule has 2 N–H and O–H groups in total. The number of alkyl halides is 3. The molecule has 0 saturated carbocycles. The Bertz CT molecular complexity index is 804. The Balaban J connectivity index is 0.000000500. The third-order valence-corrected chi connectivity index (χ3v) is 3.73. The monoisotopic (exact) mass is 401 g/mol. The molecule has 3 rings (SSSR count). The summed E-state index contributed by atoms with van der Waals surface area (Å²) in [6.45, 7) is 5.21. The highest BCUT2D eigenvalue weighted by atomic mass is 19.4. The van der Waals surface area contributed by atoms with Crippen LogP contribution in [-0.2, 0) is 4.79 Å². The summed E-state index contributed by atoms with van der Waals surface area (Å²) >= 11 is 0. The minimum Gasteiger partial charge on any atom is -0.358 e. The molecule has 0 unspecified atom stereocenters. The van der Waals surface area contributed by atoms with Crippen LogP contribution in [0.25, 0.3) is 11.4 Å². The van der Waals surface area contributed by atoms with Crippen molar-refractivity contribution in [3.63, 3.8) is 0 Å². The molecule has 0 radical (unpaired) electrons. The molecule has 1 amide bonds. The maximum Gasteiger partial charge on any atom is 0.519 e. The minimum absolute atomic E-state index is 0.0639. The molecule has 2 aromatic rings. The average Bonchev–Trinajstić information content (AvgIpc) is 2.51. The largest absolute Gasteiger partial charge is 0.519 e. The van der Waals surface area contributed by atoms with Crippen LogP contribution >= 0.6 is 0 Å². The molecule has 7 nitrogen and oxygen atoms in total. The number of likely N-dealkylation sites (tertiary alicyclic amines) is 1. The van der Waals surface area contributed by atoms with Crippen LogP contribution in [0.15, 0.2) is 24.4 Å². The first-order valence-electron chi connectivity index (χ1n) is 8.35. The predicted molar refractivity (Wildman–Crippen MR) is 92.5 cm³/mol. The first-order valence-corrected chi connectivity index (χ1v) is 8.35. The molecule has 0 aliphatic carbocycles. The Labute approximate surface area is 158 Å². The third-order valence-electron chi connectivity index (χ3n) is 3.73. The fourth-order valence-electron chi connectivity index (χ4n) is 2.39. The summed E-state index contributed by atoms with van der Waals surface area (Å²) < 4.78 is 42.7. The summed E-state index contributed by atoms with van der Waals surface area (Å²) in [4.78, 5) is 26.6. The lowest BCUT2D eigenvalue weighted by molar-refractivity contribution is -0.295. The van der Waals surface area contributed by atoms with Gasteiger partial charge in [0.1, 0.15) is 23.5 Å². The number of rotatable bonds is 4. The fraction of sp³-hybridized carbons (Fsp3) is 0.412. The number of aliphatic hydroxyl groups is 1. The van der Waals surface area contributed by atoms with E-state index in [1.807, 2.05) is 11.8 Å². The van der Waals surface area contributed by atoms with Crippen molar-refractivity contribution < 1.29 is 27.5 Å². The fourth-order valence-corrected chi connectivity index (χ4v) is 2.39. The van der Waals surface area contributed by atoms with Gasteiger partial charge in [0.25, 0.3) is 0 Å². The summed E-state index contributed by atoms with van der Waals surface area (Å²) in [7, 11) is 0. The second-order valence-corrected chi connectivity index (χ2v) is 6.06. The van der Waals surface area contributed by atoms with Crippen LogP contribution in [0.2, 0.25) is 0 Å². The molecule has 1 fully saturated rings. The number of nitrogens with zero attached hydrogens (tertiary/aromatic N) is 4. The van der Waals surface area contributed by atoms with Gasteiger partial charge in [0.2, 0.25) is 5.91 Å². The zero-order valence-corrected chi connectivity index (χ0v) is 15.2. The lowest BCUT2D eigenvalue weighted by Crippen LogP contribution is -2.48. The van der Waals surface area contributed by atoms with Gasteiger partial charge in [-0.15, -0.1) is 13.2 Å². The molecule has 1 aliphatic rings. The molecule has 152 valence electrons. The van der Waals surface area contributed by atoms with Gasteiger partial charge in [0.05, 0.1) is 17.6 Å². The Morgan fingerprint density at radius 1 is 1.25 bits per heavy atom. The molecule has 3 heterocycles. The van der Waals surface area contributed by atoms with Crippen LogP contribution in [0.5, 0.6) is 0 Å². The molecule has 1 aliphatic heterocycles. The van der Waals surface area contributed by atoms with Gasteiger partial charge >= 0.3 is 6.36 Å². The zero-order chi connectivity index (χ0) is 20.9. The number of aromatic nitrogens is 3. The van der Waals surface area contributed by atoms with Crippen LogP contribution < -0.4 is 5.32 Å². The van der Waals surface area contributed by atoms with E-state index in [-0.39, 0.29) is 11.9 Å². The topological polar surface area (TPSA) is 91.2 Å². The van der Waals surface area contributed by atoms with Crippen molar-refractivity contribution >= 4 is 11.7 Å². The third kappa shape index (κ3) is 6.72. The number of nitrogens with one attached hydrogen (secondary N) is 1. The first kappa shape index (κ1) is 21.5. The second kappa shape index (κ2) is 8.91. The van der Waals surface area contributed by atoms with Crippen molar-refractivity contribution in [2.75, 3.05) is 18.4 Å². The molecule has 11 heteroatoms. The Morgan fingerprint density at radius 3 is 2.39 bits per heavy atom. The number of halogens is 4. The normalized spacial score (nSPS) is 14.5. The average molecular weight is 401 g/mol. The first-order chi connectivity index (χ1) is 13.0. The minimum atomic E-state index is -5.00. The molecule has 0 spiro atoms. The number of hydrogen-bond donors (Lipinski definition) is 2. The number of anilines is 1. The van der Waals surface area contributed by atoms with E-state index in [0.717, 1.165) is 25.7 Å². The van der Waals surface area contributed by atoms with Crippen LogP contribution in [-0.4, -0.2) is 56.4 Å². The highest BCUT2D eigenvalue weighted by Gasteiger charge is 2.25. The molecule has 1 atom stereocenters. The molecular formula is C17H19F4N5O2. The van der Waals surface area contributed by atoms with E-state index in [4.69, 9.17) is 5.11 Å². The molecule has 1 saturated heterocycles. The van der Waals surface area contributed by atoms with Gasteiger partial charge in [0.15, 0.2) is 0 Å². The summed E-state index contributed by atoms with van der Waals surface area (Å²) in [5.41, 5.74) is 1.14. The maximum atomic E-state index is 13.0. The number of pyridine rings is 1. The molecule has 28 heavy (non-hydrogen) atoms. The van der Waals surface area contributed by atoms with E-state index in [2.05, 4.69) is 20.3 Å². The van der Waals surface area contributed by atoms with Gasteiger partial charge in [-0.05, 0) is 32.4 Å². The molecule has 0 bridgehead atoms. The number of amides is 1. The van der Waals surface area contributed by atoms with E-state index >= 15 is 0 Å². The Kier molecular flexibility index (Phi) is 6.84. The van der Waals surface area contributed by atoms with Gasteiger partial charge in [-0.25, -0.2) is 14.4 Å². The maximum absolute atomic E-state index is 13.0. The number of carbonyl (C=O) groups excluding carboxylic acids is 1. The van der Waals surface area contributed by atoms with Crippen molar-refractivity contribution in [3.05, 3.63) is 36.0 Å². The van der Waals surface area contributed by atoms with Gasteiger partial charge in [-0.1, -0.05) is 0 Å². The van der Waals surface area contributed by atoms with E-state index in [9.17, 15) is 22.4 Å². The van der Waals surface area contributed by atoms with Crippen LogP contribution in [0.1, 0.15) is 19.2 Å². The quantitative estimate of drug-likeness (QED) is 0.765. The van der Waals surface area contributed by atoms with Gasteiger partial charge in [0, 0.05) is 19.2 Å². The Morgan fingerprint density at radius 2 is 1.89 bits per heavy atom. The summed E-state index contributed by atoms with van der Waals surface area (Å²) in [6.07, 6.45) is -2.79. The molecular weight excluding hydrogens is 382 g/mol. The van der Waals surface area contributed by atoms with Crippen LogP contribution in [0, 0.1) is 12.7 Å². The number of hydrogen-bond acceptors (Lipinski definition) is 6. The molecule has 0 aromatic carbocycles. The van der Waals surface area contributed by atoms with Crippen molar-refractivity contribution in [2.45, 2.75) is 32.7 Å². The highest BCUT2D eigenvalue weighted by Crippen LogP contribution is 2.19. The second-order valence-electron chi connectivity index (χ2n) is 6.06. The van der Waals surface area contributed by atoms with Gasteiger partial charge < -0.3 is 15.3 Å². The number of aryl methyl sites for hydroxylation is 1. The van der Waals surface area contributed by atoms with E-state index in [0.29, 0.717) is 23.0 Å². The van der Waals surface area contributed by atoms with Crippen molar-refractivity contribution in [3.8, 4) is 11.4 Å². The van der Waals surface area contributed by atoms with Gasteiger partial charge in [-0.2, -0.15) is 0 Å². The Hall–Kier alpha value is -2.82. The summed E-state index contributed by atoms with van der Waals surface area (Å²) in [5.74, 6) is 0.778. The number of carbonyl (C=O) groups is 1. The van der Waals surface area contributed by atoms with Crippen molar-refractivity contribution in [1.29, 1.82) is 0 Å². The van der Waals surface area contributed by atoms with E-state index < -0.39 is 12.2 Å².